The molecule has 21 heavy (non-hydrogen) atoms. The van der Waals surface area contributed by atoms with Crippen LogP contribution in [0.3, 0.4) is 0 Å². The molecule has 120 valence electrons. The SMILES string of the molecule is C[C@@H](N)C(=O)Nc1ccc(CN2CCOCC2)cc1.Cl.Cl. The van der Waals surface area contributed by atoms with Gasteiger partial charge < -0.3 is 15.8 Å². The van der Waals surface area contributed by atoms with E-state index in [4.69, 9.17) is 10.5 Å². The third-order valence-electron chi connectivity index (χ3n) is 3.14. The fourth-order valence-corrected chi connectivity index (χ4v) is 1.97. The Morgan fingerprint density at radius 2 is 1.86 bits per heavy atom. The maximum Gasteiger partial charge on any atom is 0.240 e. The van der Waals surface area contributed by atoms with Gasteiger partial charge in [0.2, 0.25) is 5.91 Å². The first-order valence-electron chi connectivity index (χ1n) is 6.60. The molecule has 0 saturated carbocycles. The first kappa shape index (κ1) is 20.1. The van der Waals surface area contributed by atoms with Crippen LogP contribution in [0.2, 0.25) is 0 Å². The fraction of sp³-hybridized carbons (Fsp3) is 0.500. The molecule has 0 radical (unpaired) electrons. The zero-order valence-corrected chi connectivity index (χ0v) is 13.7. The molecule has 1 aromatic rings. The van der Waals surface area contributed by atoms with Gasteiger partial charge in [0.25, 0.3) is 0 Å². The van der Waals surface area contributed by atoms with Crippen LogP contribution in [-0.2, 0) is 16.1 Å². The lowest BCUT2D eigenvalue weighted by Crippen LogP contribution is -2.35. The lowest BCUT2D eigenvalue weighted by molar-refractivity contribution is -0.117. The van der Waals surface area contributed by atoms with Crippen LogP contribution in [0.1, 0.15) is 12.5 Å². The van der Waals surface area contributed by atoms with Crippen molar-refractivity contribution in [1.29, 1.82) is 0 Å². The Hall–Kier alpha value is -0.850. The lowest BCUT2D eigenvalue weighted by atomic mass is 10.2. The summed E-state index contributed by atoms with van der Waals surface area (Å²) in [5.74, 6) is -0.166. The van der Waals surface area contributed by atoms with Gasteiger partial charge in [0.15, 0.2) is 0 Å². The molecular formula is C14H23Cl2N3O2. The van der Waals surface area contributed by atoms with Gasteiger partial charge in [0.1, 0.15) is 0 Å². The number of ether oxygens (including phenoxy) is 1. The minimum Gasteiger partial charge on any atom is -0.379 e. The molecule has 1 atom stereocenters. The average molecular weight is 336 g/mol. The zero-order valence-electron chi connectivity index (χ0n) is 12.1. The third kappa shape index (κ3) is 6.63. The van der Waals surface area contributed by atoms with Crippen LogP contribution in [0.15, 0.2) is 24.3 Å². The number of halogens is 2. The van der Waals surface area contributed by atoms with E-state index in [1.54, 1.807) is 6.92 Å². The van der Waals surface area contributed by atoms with Crippen LogP contribution in [0.4, 0.5) is 5.69 Å². The predicted octanol–water partition coefficient (Wildman–Crippen LogP) is 1.65. The zero-order chi connectivity index (χ0) is 13.7. The molecule has 0 aromatic heterocycles. The molecule has 0 aliphatic carbocycles. The number of carbonyl (C=O) groups excluding carboxylic acids is 1. The predicted molar refractivity (Wildman–Crippen MR) is 89.3 cm³/mol. The van der Waals surface area contributed by atoms with E-state index in [1.807, 2.05) is 24.3 Å². The Balaban J connectivity index is 0.00000200. The number of carbonyl (C=O) groups is 1. The summed E-state index contributed by atoms with van der Waals surface area (Å²) in [7, 11) is 0. The molecular weight excluding hydrogens is 313 g/mol. The molecule has 1 aromatic carbocycles. The second kappa shape index (κ2) is 9.97. The summed E-state index contributed by atoms with van der Waals surface area (Å²) in [5.41, 5.74) is 7.53. The smallest absolute Gasteiger partial charge is 0.240 e. The normalized spacial score (nSPS) is 16.3. The molecule has 1 saturated heterocycles. The van der Waals surface area contributed by atoms with E-state index >= 15 is 0 Å². The number of anilines is 1. The van der Waals surface area contributed by atoms with E-state index in [0.717, 1.165) is 38.5 Å². The average Bonchev–Trinajstić information content (AvgIpc) is 2.42. The Labute approximate surface area is 138 Å². The highest BCUT2D eigenvalue weighted by Crippen LogP contribution is 2.12. The summed E-state index contributed by atoms with van der Waals surface area (Å²) in [5, 5.41) is 2.77. The van der Waals surface area contributed by atoms with Crippen molar-refractivity contribution in [2.75, 3.05) is 31.6 Å². The number of nitrogens with zero attached hydrogens (tertiary/aromatic N) is 1. The Morgan fingerprint density at radius 3 is 2.38 bits per heavy atom. The molecule has 1 amide bonds. The maximum absolute atomic E-state index is 11.5. The van der Waals surface area contributed by atoms with Crippen LogP contribution < -0.4 is 11.1 Å². The largest absolute Gasteiger partial charge is 0.379 e. The van der Waals surface area contributed by atoms with E-state index < -0.39 is 6.04 Å². The van der Waals surface area contributed by atoms with Crippen molar-refractivity contribution in [3.8, 4) is 0 Å². The van der Waals surface area contributed by atoms with Crippen LogP contribution >= 0.6 is 24.8 Å². The molecule has 0 bridgehead atoms. The molecule has 1 fully saturated rings. The highest BCUT2D eigenvalue weighted by Gasteiger charge is 2.11. The van der Waals surface area contributed by atoms with E-state index in [1.165, 1.54) is 5.56 Å². The fourth-order valence-electron chi connectivity index (χ4n) is 1.97. The van der Waals surface area contributed by atoms with Crippen molar-refractivity contribution < 1.29 is 9.53 Å². The lowest BCUT2D eigenvalue weighted by Gasteiger charge is -2.26. The summed E-state index contributed by atoms with van der Waals surface area (Å²) in [4.78, 5) is 13.8. The highest BCUT2D eigenvalue weighted by molar-refractivity contribution is 5.94. The number of hydrogen-bond donors (Lipinski definition) is 2. The Bertz CT molecular complexity index is 421. The molecule has 0 spiro atoms. The van der Waals surface area contributed by atoms with Gasteiger partial charge in [0.05, 0.1) is 19.3 Å². The highest BCUT2D eigenvalue weighted by atomic mass is 35.5. The van der Waals surface area contributed by atoms with Crippen LogP contribution in [0, 0.1) is 0 Å². The first-order chi connectivity index (χ1) is 9.15. The van der Waals surface area contributed by atoms with Crippen molar-refractivity contribution in [1.82, 2.24) is 4.90 Å². The summed E-state index contributed by atoms with van der Waals surface area (Å²) in [6.07, 6.45) is 0. The minimum atomic E-state index is -0.493. The van der Waals surface area contributed by atoms with Gasteiger partial charge in [-0.05, 0) is 24.6 Å². The second-order valence-electron chi connectivity index (χ2n) is 4.86. The van der Waals surface area contributed by atoms with Gasteiger partial charge in [-0.15, -0.1) is 24.8 Å². The van der Waals surface area contributed by atoms with Crippen LogP contribution in [-0.4, -0.2) is 43.2 Å². The molecule has 2 rings (SSSR count). The summed E-state index contributed by atoms with van der Waals surface area (Å²) in [6, 6.07) is 7.40. The van der Waals surface area contributed by atoms with Crippen LogP contribution in [0.5, 0.6) is 0 Å². The quantitative estimate of drug-likeness (QED) is 0.877. The Kier molecular flexibility index (Phi) is 9.57. The van der Waals surface area contributed by atoms with Gasteiger partial charge in [-0.2, -0.15) is 0 Å². The van der Waals surface area contributed by atoms with Crippen molar-refractivity contribution in [2.24, 2.45) is 5.73 Å². The van der Waals surface area contributed by atoms with E-state index in [2.05, 4.69) is 10.2 Å². The molecule has 1 heterocycles. The second-order valence-corrected chi connectivity index (χ2v) is 4.86. The first-order valence-corrected chi connectivity index (χ1v) is 6.60. The summed E-state index contributed by atoms with van der Waals surface area (Å²) >= 11 is 0. The number of benzene rings is 1. The van der Waals surface area contributed by atoms with Crippen molar-refractivity contribution >= 4 is 36.4 Å². The van der Waals surface area contributed by atoms with Crippen molar-refractivity contribution in [3.63, 3.8) is 0 Å². The molecule has 0 unspecified atom stereocenters. The van der Waals surface area contributed by atoms with Gasteiger partial charge >= 0.3 is 0 Å². The summed E-state index contributed by atoms with van der Waals surface area (Å²) in [6.45, 7) is 6.16. The standard InChI is InChI=1S/C14H21N3O2.2ClH/c1-11(15)14(18)16-13-4-2-12(3-5-13)10-17-6-8-19-9-7-17;;/h2-5,11H,6-10,15H2,1H3,(H,16,18);2*1H/t11-;;/m1../s1. The maximum atomic E-state index is 11.5. The number of nitrogens with one attached hydrogen (secondary N) is 1. The molecule has 7 heteroatoms. The number of morpholine rings is 1. The van der Waals surface area contributed by atoms with Crippen molar-refractivity contribution in [2.45, 2.75) is 19.5 Å². The van der Waals surface area contributed by atoms with Crippen molar-refractivity contribution in [3.05, 3.63) is 29.8 Å². The third-order valence-corrected chi connectivity index (χ3v) is 3.14. The Morgan fingerprint density at radius 1 is 1.29 bits per heavy atom. The topological polar surface area (TPSA) is 67.6 Å². The minimum absolute atomic E-state index is 0. The number of rotatable bonds is 4. The van der Waals surface area contributed by atoms with Gasteiger partial charge in [0, 0.05) is 25.3 Å². The van der Waals surface area contributed by atoms with Crippen LogP contribution in [0.25, 0.3) is 0 Å². The van der Waals surface area contributed by atoms with E-state index in [9.17, 15) is 4.79 Å². The molecule has 1 aliphatic heterocycles. The number of nitrogens with two attached hydrogens (primary N) is 1. The molecule has 1 aliphatic rings. The van der Waals surface area contributed by atoms with Gasteiger partial charge in [-0.25, -0.2) is 0 Å². The van der Waals surface area contributed by atoms with E-state index in [0.29, 0.717) is 0 Å². The summed E-state index contributed by atoms with van der Waals surface area (Å²) < 4.78 is 5.32. The number of amides is 1. The van der Waals surface area contributed by atoms with E-state index in [-0.39, 0.29) is 30.7 Å². The molecule has 5 nitrogen and oxygen atoms in total. The monoisotopic (exact) mass is 335 g/mol. The number of hydrogen-bond acceptors (Lipinski definition) is 4. The van der Waals surface area contributed by atoms with Gasteiger partial charge in [-0.3, -0.25) is 9.69 Å². The molecule has 3 N–H and O–H groups in total. The van der Waals surface area contributed by atoms with Gasteiger partial charge in [-0.1, -0.05) is 12.1 Å².